The number of carbonyl (C=O) groups excluding carboxylic acids is 2. The monoisotopic (exact) mass is 476 g/mol. The molecule has 0 aliphatic carbocycles. The molecule has 0 aliphatic heterocycles. The van der Waals surface area contributed by atoms with Crippen LogP contribution >= 0.6 is 15.9 Å². The summed E-state index contributed by atoms with van der Waals surface area (Å²) in [6, 6.07) is 14.1. The van der Waals surface area contributed by atoms with Gasteiger partial charge >= 0.3 is 0 Å². The summed E-state index contributed by atoms with van der Waals surface area (Å²) < 4.78 is 11.7. The molecule has 30 heavy (non-hydrogen) atoms. The van der Waals surface area contributed by atoms with Gasteiger partial charge < -0.3 is 19.7 Å². The number of rotatable bonds is 11. The number of amides is 2. The normalized spacial score (nSPS) is 11.5. The third-order valence-corrected chi connectivity index (χ3v) is 5.15. The van der Waals surface area contributed by atoms with Crippen LogP contribution in [0.5, 0.6) is 11.5 Å². The summed E-state index contributed by atoms with van der Waals surface area (Å²) in [7, 11) is 1.59. The van der Waals surface area contributed by atoms with E-state index in [0.29, 0.717) is 24.6 Å². The van der Waals surface area contributed by atoms with Crippen LogP contribution in [0.25, 0.3) is 0 Å². The molecule has 0 saturated carbocycles. The SMILES string of the molecule is CCCCNC(=O)[C@@H](C)N(Cc1cccc(Br)c1)C(=O)COc1ccc(OC)cc1. The minimum absolute atomic E-state index is 0.160. The van der Waals surface area contributed by atoms with Crippen LogP contribution in [-0.4, -0.2) is 43.0 Å². The maximum atomic E-state index is 13.0. The van der Waals surface area contributed by atoms with E-state index < -0.39 is 6.04 Å². The minimum Gasteiger partial charge on any atom is -0.497 e. The Morgan fingerprint density at radius 1 is 1.13 bits per heavy atom. The number of benzene rings is 2. The lowest BCUT2D eigenvalue weighted by molar-refractivity contribution is -0.142. The van der Waals surface area contributed by atoms with Crippen molar-refractivity contribution in [3.8, 4) is 11.5 Å². The number of methoxy groups -OCH3 is 1. The molecule has 0 spiro atoms. The third kappa shape index (κ3) is 7.37. The molecule has 7 heteroatoms. The molecular formula is C23H29BrN2O4. The number of nitrogens with one attached hydrogen (secondary N) is 1. The van der Waals surface area contributed by atoms with Gasteiger partial charge in [0.2, 0.25) is 5.91 Å². The maximum absolute atomic E-state index is 13.0. The smallest absolute Gasteiger partial charge is 0.261 e. The van der Waals surface area contributed by atoms with Crippen LogP contribution in [0.3, 0.4) is 0 Å². The van der Waals surface area contributed by atoms with E-state index in [0.717, 1.165) is 22.9 Å². The van der Waals surface area contributed by atoms with Crippen LogP contribution in [0.2, 0.25) is 0 Å². The molecule has 2 rings (SSSR count). The largest absolute Gasteiger partial charge is 0.497 e. The van der Waals surface area contributed by atoms with Gasteiger partial charge in [-0.1, -0.05) is 41.4 Å². The Balaban J connectivity index is 2.09. The fraction of sp³-hybridized carbons (Fsp3) is 0.391. The maximum Gasteiger partial charge on any atom is 0.261 e. The van der Waals surface area contributed by atoms with Gasteiger partial charge in [-0.05, 0) is 55.3 Å². The molecule has 0 fully saturated rings. The lowest BCUT2D eigenvalue weighted by Crippen LogP contribution is -2.49. The van der Waals surface area contributed by atoms with Gasteiger partial charge in [-0.3, -0.25) is 9.59 Å². The molecule has 0 aliphatic rings. The molecule has 6 nitrogen and oxygen atoms in total. The molecule has 2 amide bonds. The van der Waals surface area contributed by atoms with E-state index in [1.165, 1.54) is 0 Å². The van der Waals surface area contributed by atoms with Crippen LogP contribution in [0, 0.1) is 0 Å². The third-order valence-electron chi connectivity index (χ3n) is 4.66. The lowest BCUT2D eigenvalue weighted by atomic mass is 10.1. The highest BCUT2D eigenvalue weighted by Gasteiger charge is 2.26. The second-order valence-electron chi connectivity index (χ2n) is 6.94. The average Bonchev–Trinajstić information content (AvgIpc) is 2.75. The second kappa shape index (κ2) is 12.2. The fourth-order valence-corrected chi connectivity index (χ4v) is 3.30. The van der Waals surface area contributed by atoms with Crippen molar-refractivity contribution in [1.29, 1.82) is 0 Å². The second-order valence-corrected chi connectivity index (χ2v) is 7.85. The molecule has 2 aromatic rings. The van der Waals surface area contributed by atoms with Crippen LogP contribution in [0.1, 0.15) is 32.3 Å². The molecule has 162 valence electrons. The Hall–Kier alpha value is -2.54. The first-order valence-electron chi connectivity index (χ1n) is 10.0. The Morgan fingerprint density at radius 3 is 2.47 bits per heavy atom. The fourth-order valence-electron chi connectivity index (χ4n) is 2.85. The van der Waals surface area contributed by atoms with E-state index in [-0.39, 0.29) is 18.4 Å². The Bertz CT molecular complexity index is 826. The number of nitrogens with zero attached hydrogens (tertiary/aromatic N) is 1. The predicted octanol–water partition coefficient (Wildman–Crippen LogP) is 4.17. The molecule has 1 atom stereocenters. The summed E-state index contributed by atoms with van der Waals surface area (Å²) in [6.07, 6.45) is 1.89. The van der Waals surface area contributed by atoms with Crippen molar-refractivity contribution in [3.05, 3.63) is 58.6 Å². The highest BCUT2D eigenvalue weighted by Crippen LogP contribution is 2.18. The van der Waals surface area contributed by atoms with Crippen molar-refractivity contribution in [3.63, 3.8) is 0 Å². The summed E-state index contributed by atoms with van der Waals surface area (Å²) in [4.78, 5) is 27.1. The molecule has 0 bridgehead atoms. The van der Waals surface area contributed by atoms with Crippen LogP contribution in [-0.2, 0) is 16.1 Å². The van der Waals surface area contributed by atoms with Gasteiger partial charge in [-0.15, -0.1) is 0 Å². The zero-order valence-corrected chi connectivity index (χ0v) is 19.3. The number of hydrogen-bond acceptors (Lipinski definition) is 4. The predicted molar refractivity (Wildman–Crippen MR) is 121 cm³/mol. The lowest BCUT2D eigenvalue weighted by Gasteiger charge is -2.29. The van der Waals surface area contributed by atoms with Crippen molar-refractivity contribution in [2.24, 2.45) is 0 Å². The standard InChI is InChI=1S/C23H29BrN2O4/c1-4-5-13-25-23(28)17(2)26(15-18-7-6-8-19(24)14-18)22(27)16-30-21-11-9-20(29-3)10-12-21/h6-12,14,17H,4-5,13,15-16H2,1-3H3,(H,25,28)/t17-/m1/s1. The quantitative estimate of drug-likeness (QED) is 0.494. The Kier molecular flexibility index (Phi) is 9.67. The van der Waals surface area contributed by atoms with E-state index in [1.807, 2.05) is 24.3 Å². The topological polar surface area (TPSA) is 67.9 Å². The van der Waals surface area contributed by atoms with Crippen molar-refractivity contribution < 1.29 is 19.1 Å². The Labute approximate surface area is 186 Å². The van der Waals surface area contributed by atoms with E-state index in [1.54, 1.807) is 43.2 Å². The first-order valence-corrected chi connectivity index (χ1v) is 10.8. The average molecular weight is 477 g/mol. The van der Waals surface area contributed by atoms with E-state index in [9.17, 15) is 9.59 Å². The van der Waals surface area contributed by atoms with E-state index in [2.05, 4.69) is 28.2 Å². The number of ether oxygens (including phenoxy) is 2. The summed E-state index contributed by atoms with van der Waals surface area (Å²) in [5.41, 5.74) is 0.926. The van der Waals surface area contributed by atoms with E-state index >= 15 is 0 Å². The summed E-state index contributed by atoms with van der Waals surface area (Å²) in [6.45, 7) is 4.56. The van der Waals surface area contributed by atoms with Gasteiger partial charge in [0.15, 0.2) is 6.61 Å². The number of hydrogen-bond donors (Lipinski definition) is 1. The van der Waals surface area contributed by atoms with Gasteiger partial charge in [0.1, 0.15) is 17.5 Å². The molecule has 2 aromatic carbocycles. The first-order chi connectivity index (χ1) is 14.4. The number of carbonyl (C=O) groups is 2. The van der Waals surface area contributed by atoms with Gasteiger partial charge in [0.25, 0.3) is 5.91 Å². The molecular weight excluding hydrogens is 448 g/mol. The van der Waals surface area contributed by atoms with Crippen LogP contribution in [0.15, 0.2) is 53.0 Å². The van der Waals surface area contributed by atoms with Crippen LogP contribution in [0.4, 0.5) is 0 Å². The van der Waals surface area contributed by atoms with Crippen molar-refractivity contribution >= 4 is 27.7 Å². The molecule has 1 N–H and O–H groups in total. The van der Waals surface area contributed by atoms with E-state index in [4.69, 9.17) is 9.47 Å². The molecule has 0 unspecified atom stereocenters. The van der Waals surface area contributed by atoms with Crippen LogP contribution < -0.4 is 14.8 Å². The molecule has 0 saturated heterocycles. The highest BCUT2D eigenvalue weighted by molar-refractivity contribution is 9.10. The summed E-state index contributed by atoms with van der Waals surface area (Å²) >= 11 is 3.45. The van der Waals surface area contributed by atoms with Gasteiger partial charge in [0.05, 0.1) is 7.11 Å². The molecule has 0 heterocycles. The van der Waals surface area contributed by atoms with Gasteiger partial charge in [-0.2, -0.15) is 0 Å². The minimum atomic E-state index is -0.618. The molecule has 0 radical (unpaired) electrons. The summed E-state index contributed by atoms with van der Waals surface area (Å²) in [5.74, 6) is 0.842. The van der Waals surface area contributed by atoms with Crippen molar-refractivity contribution in [2.75, 3.05) is 20.3 Å². The van der Waals surface area contributed by atoms with Gasteiger partial charge in [0, 0.05) is 17.6 Å². The summed E-state index contributed by atoms with van der Waals surface area (Å²) in [5, 5.41) is 2.91. The molecule has 0 aromatic heterocycles. The van der Waals surface area contributed by atoms with Gasteiger partial charge in [-0.25, -0.2) is 0 Å². The number of unbranched alkanes of at least 4 members (excludes halogenated alkanes) is 1. The van der Waals surface area contributed by atoms with Crippen molar-refractivity contribution in [2.45, 2.75) is 39.3 Å². The Morgan fingerprint density at radius 2 is 1.83 bits per heavy atom. The zero-order chi connectivity index (χ0) is 21.9. The zero-order valence-electron chi connectivity index (χ0n) is 17.7. The van der Waals surface area contributed by atoms with Crippen molar-refractivity contribution in [1.82, 2.24) is 10.2 Å². The number of halogens is 1. The highest BCUT2D eigenvalue weighted by atomic mass is 79.9. The first kappa shape index (κ1) is 23.7.